The lowest BCUT2D eigenvalue weighted by atomic mass is 9.95. The Morgan fingerprint density at radius 2 is 2.31 bits per heavy atom. The molecule has 2 N–H and O–H groups in total. The Kier molecular flexibility index (Phi) is 5.19. The first-order chi connectivity index (χ1) is 7.69. The van der Waals surface area contributed by atoms with Crippen molar-refractivity contribution in [3.05, 3.63) is 18.2 Å². The van der Waals surface area contributed by atoms with Gasteiger partial charge in [-0.1, -0.05) is 13.3 Å². The summed E-state index contributed by atoms with van der Waals surface area (Å²) in [6.07, 6.45) is 7.03. The third-order valence-electron chi connectivity index (χ3n) is 3.00. The molecule has 16 heavy (non-hydrogen) atoms. The molecule has 4 nitrogen and oxygen atoms in total. The summed E-state index contributed by atoms with van der Waals surface area (Å²) in [5, 5.41) is 0. The van der Waals surface area contributed by atoms with Gasteiger partial charge in [0, 0.05) is 25.9 Å². The lowest BCUT2D eigenvalue weighted by Crippen LogP contribution is -2.12. The highest BCUT2D eigenvalue weighted by Gasteiger charge is 2.13. The van der Waals surface area contributed by atoms with Crippen LogP contribution in [0, 0.1) is 5.92 Å². The van der Waals surface area contributed by atoms with Gasteiger partial charge in [-0.05, 0) is 25.3 Å². The summed E-state index contributed by atoms with van der Waals surface area (Å²) in [4.78, 5) is 15.9. The van der Waals surface area contributed by atoms with Crippen LogP contribution >= 0.6 is 0 Å². The molecule has 1 heterocycles. The van der Waals surface area contributed by atoms with E-state index in [0.29, 0.717) is 24.7 Å². The smallest absolute Gasteiger partial charge is 0.198 e. The van der Waals surface area contributed by atoms with E-state index in [9.17, 15) is 4.79 Å². The number of rotatable bonds is 7. The average Bonchev–Trinajstić information content (AvgIpc) is 2.70. The second-order valence-corrected chi connectivity index (χ2v) is 4.18. The number of nitrogens with zero attached hydrogens (tertiary/aromatic N) is 2. The molecule has 1 aromatic rings. The van der Waals surface area contributed by atoms with Crippen LogP contribution < -0.4 is 5.73 Å². The van der Waals surface area contributed by atoms with Gasteiger partial charge in [0.25, 0.3) is 0 Å². The SMILES string of the molecule is CCC(CCN)CCC(=O)c1nccn1C. The van der Waals surface area contributed by atoms with E-state index in [4.69, 9.17) is 5.73 Å². The minimum Gasteiger partial charge on any atom is -0.332 e. The number of carbonyl (C=O) groups is 1. The molecule has 1 aromatic heterocycles. The molecule has 1 rings (SSSR count). The van der Waals surface area contributed by atoms with Crippen molar-refractivity contribution < 1.29 is 4.79 Å². The van der Waals surface area contributed by atoms with Crippen LogP contribution in [0.5, 0.6) is 0 Å². The number of carbonyl (C=O) groups excluding carboxylic acids is 1. The van der Waals surface area contributed by atoms with Crippen LogP contribution in [0.25, 0.3) is 0 Å². The van der Waals surface area contributed by atoms with Gasteiger partial charge in [0.1, 0.15) is 0 Å². The van der Waals surface area contributed by atoms with E-state index in [1.807, 2.05) is 7.05 Å². The Labute approximate surface area is 96.9 Å². The van der Waals surface area contributed by atoms with Crippen LogP contribution in [0.4, 0.5) is 0 Å². The molecule has 0 aliphatic heterocycles. The summed E-state index contributed by atoms with van der Waals surface area (Å²) in [5.41, 5.74) is 5.53. The molecule has 1 unspecified atom stereocenters. The van der Waals surface area contributed by atoms with E-state index in [0.717, 1.165) is 19.3 Å². The Morgan fingerprint density at radius 1 is 1.56 bits per heavy atom. The molecule has 0 aliphatic carbocycles. The van der Waals surface area contributed by atoms with Crippen molar-refractivity contribution >= 4 is 5.78 Å². The number of nitrogens with two attached hydrogens (primary N) is 1. The number of ketones is 1. The Hall–Kier alpha value is -1.16. The highest BCUT2D eigenvalue weighted by atomic mass is 16.1. The Bertz CT molecular complexity index is 333. The number of hydrogen-bond acceptors (Lipinski definition) is 3. The lowest BCUT2D eigenvalue weighted by molar-refractivity contribution is 0.0959. The molecule has 0 amide bonds. The van der Waals surface area contributed by atoms with Crippen LogP contribution in [0.15, 0.2) is 12.4 Å². The van der Waals surface area contributed by atoms with Gasteiger partial charge in [-0.2, -0.15) is 0 Å². The van der Waals surface area contributed by atoms with Crippen molar-refractivity contribution in [3.8, 4) is 0 Å². The molecular weight excluding hydrogens is 202 g/mol. The highest BCUT2D eigenvalue weighted by Crippen LogP contribution is 2.16. The van der Waals surface area contributed by atoms with Gasteiger partial charge >= 0.3 is 0 Å². The monoisotopic (exact) mass is 223 g/mol. The zero-order valence-corrected chi connectivity index (χ0v) is 10.1. The normalized spacial score (nSPS) is 12.7. The van der Waals surface area contributed by atoms with E-state index >= 15 is 0 Å². The summed E-state index contributed by atoms with van der Waals surface area (Å²) < 4.78 is 1.77. The van der Waals surface area contributed by atoms with Crippen molar-refractivity contribution in [3.63, 3.8) is 0 Å². The van der Waals surface area contributed by atoms with Gasteiger partial charge in [0.15, 0.2) is 11.6 Å². The maximum Gasteiger partial charge on any atom is 0.198 e. The Morgan fingerprint density at radius 3 is 2.81 bits per heavy atom. The third kappa shape index (κ3) is 3.45. The summed E-state index contributed by atoms with van der Waals surface area (Å²) in [6, 6.07) is 0. The molecule has 0 bridgehead atoms. The van der Waals surface area contributed by atoms with Gasteiger partial charge in [0.05, 0.1) is 0 Å². The molecule has 0 aliphatic rings. The molecule has 0 radical (unpaired) electrons. The molecule has 90 valence electrons. The quantitative estimate of drug-likeness (QED) is 0.716. The van der Waals surface area contributed by atoms with Crippen molar-refractivity contribution in [2.45, 2.75) is 32.6 Å². The molecule has 0 spiro atoms. The fourth-order valence-electron chi connectivity index (χ4n) is 1.87. The fourth-order valence-corrected chi connectivity index (χ4v) is 1.87. The van der Waals surface area contributed by atoms with Gasteiger partial charge in [0.2, 0.25) is 0 Å². The first-order valence-corrected chi connectivity index (χ1v) is 5.89. The molecule has 0 saturated heterocycles. The topological polar surface area (TPSA) is 60.9 Å². The summed E-state index contributed by atoms with van der Waals surface area (Å²) in [6.45, 7) is 2.85. The molecule has 0 fully saturated rings. The van der Waals surface area contributed by atoms with Gasteiger partial charge in [-0.25, -0.2) is 4.98 Å². The molecule has 4 heteroatoms. The standard InChI is InChI=1S/C12H21N3O/c1-3-10(6-7-13)4-5-11(16)12-14-8-9-15(12)2/h8-10H,3-7,13H2,1-2H3. The van der Waals surface area contributed by atoms with Crippen LogP contribution in [0.2, 0.25) is 0 Å². The zero-order valence-electron chi connectivity index (χ0n) is 10.1. The molecule has 0 saturated carbocycles. The predicted octanol–water partition coefficient (Wildman–Crippen LogP) is 1.76. The van der Waals surface area contributed by atoms with Crippen molar-refractivity contribution in [1.82, 2.24) is 9.55 Å². The fraction of sp³-hybridized carbons (Fsp3) is 0.667. The van der Waals surface area contributed by atoms with E-state index in [1.165, 1.54) is 0 Å². The van der Waals surface area contributed by atoms with Gasteiger partial charge in [-0.3, -0.25) is 4.79 Å². The first-order valence-electron chi connectivity index (χ1n) is 5.89. The van der Waals surface area contributed by atoms with E-state index in [-0.39, 0.29) is 5.78 Å². The number of aromatic nitrogens is 2. The van der Waals surface area contributed by atoms with E-state index in [2.05, 4.69) is 11.9 Å². The first kappa shape index (κ1) is 12.9. The maximum atomic E-state index is 11.8. The maximum absolute atomic E-state index is 11.8. The van der Waals surface area contributed by atoms with Gasteiger partial charge in [-0.15, -0.1) is 0 Å². The predicted molar refractivity (Wildman–Crippen MR) is 64.2 cm³/mol. The molecule has 1 atom stereocenters. The highest BCUT2D eigenvalue weighted by molar-refractivity contribution is 5.92. The Balaban J connectivity index is 2.43. The zero-order chi connectivity index (χ0) is 12.0. The van der Waals surface area contributed by atoms with Crippen molar-refractivity contribution in [2.75, 3.05) is 6.54 Å². The summed E-state index contributed by atoms with van der Waals surface area (Å²) in [5.74, 6) is 1.25. The third-order valence-corrected chi connectivity index (χ3v) is 3.00. The number of hydrogen-bond donors (Lipinski definition) is 1. The van der Waals surface area contributed by atoms with Crippen LogP contribution in [-0.2, 0) is 7.05 Å². The lowest BCUT2D eigenvalue weighted by Gasteiger charge is -2.12. The summed E-state index contributed by atoms with van der Waals surface area (Å²) >= 11 is 0. The van der Waals surface area contributed by atoms with Crippen LogP contribution in [-0.4, -0.2) is 21.9 Å². The van der Waals surface area contributed by atoms with Crippen LogP contribution in [0.1, 0.15) is 43.2 Å². The number of aryl methyl sites for hydroxylation is 1. The minimum absolute atomic E-state index is 0.128. The average molecular weight is 223 g/mol. The second kappa shape index (κ2) is 6.43. The van der Waals surface area contributed by atoms with Crippen LogP contribution in [0.3, 0.4) is 0 Å². The molecule has 0 aromatic carbocycles. The molecular formula is C12H21N3O. The summed E-state index contributed by atoms with van der Waals surface area (Å²) in [7, 11) is 1.84. The number of imidazole rings is 1. The second-order valence-electron chi connectivity index (χ2n) is 4.18. The number of Topliss-reactive ketones (excluding diaryl/α,β-unsaturated/α-hetero) is 1. The van der Waals surface area contributed by atoms with E-state index in [1.54, 1.807) is 17.0 Å². The van der Waals surface area contributed by atoms with Crippen molar-refractivity contribution in [2.24, 2.45) is 18.7 Å². The minimum atomic E-state index is 0.128. The van der Waals surface area contributed by atoms with Gasteiger partial charge < -0.3 is 10.3 Å². The largest absolute Gasteiger partial charge is 0.332 e. The van der Waals surface area contributed by atoms with Crippen molar-refractivity contribution in [1.29, 1.82) is 0 Å². The van der Waals surface area contributed by atoms with E-state index < -0.39 is 0 Å².